The van der Waals surface area contributed by atoms with Crippen molar-refractivity contribution in [1.82, 2.24) is 0 Å². The molecule has 0 aromatic rings. The van der Waals surface area contributed by atoms with E-state index in [9.17, 15) is 19.5 Å². The van der Waals surface area contributed by atoms with Gasteiger partial charge >= 0.3 is 11.9 Å². The van der Waals surface area contributed by atoms with Gasteiger partial charge in [0.15, 0.2) is 12.4 Å². The molecule has 0 spiro atoms. The first-order valence-corrected chi connectivity index (χ1v) is 24.1. The second-order valence-electron chi connectivity index (χ2n) is 17.0. The molecule has 0 rings (SSSR count). The molecule has 2 atom stereocenters. The van der Waals surface area contributed by atoms with Gasteiger partial charge in [0.05, 0.1) is 40.3 Å². The lowest BCUT2D eigenvalue weighted by Crippen LogP contribution is -2.44. The van der Waals surface area contributed by atoms with Crippen LogP contribution in [0.25, 0.3) is 0 Å². The first kappa shape index (κ1) is 57.7. The lowest BCUT2D eigenvalue weighted by Gasteiger charge is -2.26. The number of quaternary nitrogens is 1. The summed E-state index contributed by atoms with van der Waals surface area (Å²) in [5.74, 6) is -2.32. The van der Waals surface area contributed by atoms with Crippen LogP contribution in [0.1, 0.15) is 181 Å². The molecule has 0 amide bonds. The Labute approximate surface area is 373 Å². The van der Waals surface area contributed by atoms with E-state index in [1.165, 1.54) is 44.9 Å². The zero-order valence-corrected chi connectivity index (χ0v) is 39.5. The molecule has 0 N–H and O–H groups in total. The molecule has 0 saturated carbocycles. The van der Waals surface area contributed by atoms with E-state index in [-0.39, 0.29) is 38.6 Å². The predicted molar refractivity (Wildman–Crippen MR) is 251 cm³/mol. The third-order valence-corrected chi connectivity index (χ3v) is 9.94. The molecule has 0 aromatic carbocycles. The van der Waals surface area contributed by atoms with Crippen LogP contribution in [0.4, 0.5) is 0 Å². The molecule has 9 heteroatoms. The van der Waals surface area contributed by atoms with Crippen molar-refractivity contribution >= 4 is 17.9 Å². The number of nitrogens with zero attached hydrogens (tertiary/aromatic N) is 1. The highest BCUT2D eigenvalue weighted by Gasteiger charge is 2.21. The molecular formula is C52H89NO8. The fraction of sp³-hybridized carbons (Fsp3) is 0.712. The number of allylic oxidation sites excluding steroid dienone is 12. The summed E-state index contributed by atoms with van der Waals surface area (Å²) in [5.41, 5.74) is 0. The van der Waals surface area contributed by atoms with E-state index in [0.717, 1.165) is 103 Å². The number of likely N-dealkylation sites (N-methyl/N-ethyl adjacent to an activating group) is 1. The molecule has 61 heavy (non-hydrogen) atoms. The number of hydrogen-bond acceptors (Lipinski definition) is 8. The van der Waals surface area contributed by atoms with E-state index in [2.05, 4.69) is 86.8 Å². The molecule has 350 valence electrons. The maximum atomic E-state index is 12.8. The second-order valence-corrected chi connectivity index (χ2v) is 17.0. The summed E-state index contributed by atoms with van der Waals surface area (Å²) in [6, 6.07) is 0. The van der Waals surface area contributed by atoms with Crippen molar-refractivity contribution in [1.29, 1.82) is 0 Å². The van der Waals surface area contributed by atoms with E-state index >= 15 is 0 Å². The lowest BCUT2D eigenvalue weighted by molar-refractivity contribution is -0.870. The van der Waals surface area contributed by atoms with E-state index in [4.69, 9.17) is 18.9 Å². The summed E-state index contributed by atoms with van der Waals surface area (Å²) in [4.78, 5) is 37.1. The van der Waals surface area contributed by atoms with Gasteiger partial charge in [-0.05, 0) is 83.5 Å². The van der Waals surface area contributed by atoms with E-state index in [1.807, 2.05) is 21.1 Å². The van der Waals surface area contributed by atoms with Gasteiger partial charge in [-0.3, -0.25) is 9.59 Å². The van der Waals surface area contributed by atoms with E-state index in [1.54, 1.807) is 0 Å². The Kier molecular flexibility index (Phi) is 41.1. The van der Waals surface area contributed by atoms with Gasteiger partial charge in [-0.15, -0.1) is 0 Å². The SMILES string of the molecule is CC/C=C\C/C=C\C/C=C\CCCCCCCCCC(=O)OCC(COC(OCC[N+](C)(C)C)C(=O)[O-])OC(=O)CCCCCCCC/C=C\C/C=C\C/C=C\CCCCC. The van der Waals surface area contributed by atoms with E-state index in [0.29, 0.717) is 17.4 Å². The van der Waals surface area contributed by atoms with Crippen LogP contribution in [0, 0.1) is 0 Å². The molecule has 0 aliphatic carbocycles. The average Bonchev–Trinajstić information content (AvgIpc) is 3.22. The monoisotopic (exact) mass is 856 g/mol. The first-order valence-electron chi connectivity index (χ1n) is 24.1. The van der Waals surface area contributed by atoms with E-state index < -0.39 is 24.3 Å². The Morgan fingerprint density at radius 1 is 0.508 bits per heavy atom. The molecule has 2 unspecified atom stereocenters. The Morgan fingerprint density at radius 3 is 1.39 bits per heavy atom. The van der Waals surface area contributed by atoms with Gasteiger partial charge < -0.3 is 33.3 Å². The van der Waals surface area contributed by atoms with Crippen molar-refractivity contribution in [3.8, 4) is 0 Å². The molecule has 0 aromatic heterocycles. The molecule has 0 bridgehead atoms. The fourth-order valence-corrected chi connectivity index (χ4v) is 6.20. The van der Waals surface area contributed by atoms with Crippen molar-refractivity contribution in [3.63, 3.8) is 0 Å². The van der Waals surface area contributed by atoms with Crippen molar-refractivity contribution in [2.75, 3.05) is 47.5 Å². The third-order valence-electron chi connectivity index (χ3n) is 9.94. The normalized spacial score (nSPS) is 13.5. The summed E-state index contributed by atoms with van der Waals surface area (Å²) in [6.45, 7) is 4.56. The highest BCUT2D eigenvalue weighted by atomic mass is 16.7. The number of ether oxygens (including phenoxy) is 4. The lowest BCUT2D eigenvalue weighted by atomic mass is 10.1. The number of carbonyl (C=O) groups is 3. The number of rotatable bonds is 43. The molecular weight excluding hydrogens is 767 g/mol. The Balaban J connectivity index is 4.44. The number of unbranched alkanes of at least 4 members (excludes halogenated alkanes) is 16. The molecule has 0 aliphatic rings. The van der Waals surface area contributed by atoms with Gasteiger partial charge in [-0.1, -0.05) is 157 Å². The van der Waals surface area contributed by atoms with Crippen molar-refractivity contribution in [3.05, 3.63) is 72.9 Å². The van der Waals surface area contributed by atoms with Gasteiger partial charge in [-0.2, -0.15) is 0 Å². The van der Waals surface area contributed by atoms with Crippen LogP contribution < -0.4 is 5.11 Å². The topological polar surface area (TPSA) is 111 Å². The average molecular weight is 856 g/mol. The molecule has 0 aliphatic heterocycles. The zero-order chi connectivity index (χ0) is 44.9. The minimum Gasteiger partial charge on any atom is -0.545 e. The van der Waals surface area contributed by atoms with Crippen LogP contribution in [0.2, 0.25) is 0 Å². The number of esters is 2. The van der Waals surface area contributed by atoms with Crippen LogP contribution in [-0.4, -0.2) is 82.3 Å². The second kappa shape index (κ2) is 43.4. The van der Waals surface area contributed by atoms with Crippen molar-refractivity contribution in [2.45, 2.75) is 193 Å². The van der Waals surface area contributed by atoms with Crippen molar-refractivity contribution in [2.24, 2.45) is 0 Å². The van der Waals surface area contributed by atoms with Crippen LogP contribution in [0.3, 0.4) is 0 Å². The smallest absolute Gasteiger partial charge is 0.306 e. The first-order chi connectivity index (χ1) is 29.6. The quantitative estimate of drug-likeness (QED) is 0.0196. The summed E-state index contributed by atoms with van der Waals surface area (Å²) in [6.07, 6.45) is 50.7. The van der Waals surface area contributed by atoms with Crippen LogP contribution in [0.15, 0.2) is 72.9 Å². The molecule has 0 saturated heterocycles. The number of aliphatic carboxylic acids is 1. The van der Waals surface area contributed by atoms with Gasteiger partial charge in [0.1, 0.15) is 13.2 Å². The zero-order valence-electron chi connectivity index (χ0n) is 39.5. The number of carboxylic acids is 1. The Bertz CT molecular complexity index is 1230. The summed E-state index contributed by atoms with van der Waals surface area (Å²) < 4.78 is 22.6. The maximum Gasteiger partial charge on any atom is 0.306 e. The molecule has 0 radical (unpaired) electrons. The predicted octanol–water partition coefficient (Wildman–Crippen LogP) is 11.8. The fourth-order valence-electron chi connectivity index (χ4n) is 6.20. The highest BCUT2D eigenvalue weighted by Crippen LogP contribution is 2.13. The van der Waals surface area contributed by atoms with Gasteiger partial charge in [-0.25, -0.2) is 0 Å². The summed E-state index contributed by atoms with van der Waals surface area (Å²) in [5, 5.41) is 11.7. The maximum absolute atomic E-state index is 12.8. The molecule has 0 heterocycles. The summed E-state index contributed by atoms with van der Waals surface area (Å²) in [7, 11) is 5.90. The van der Waals surface area contributed by atoms with Crippen LogP contribution in [0.5, 0.6) is 0 Å². The Morgan fingerprint density at radius 2 is 0.934 bits per heavy atom. The number of carbonyl (C=O) groups excluding carboxylic acids is 3. The van der Waals surface area contributed by atoms with Gasteiger partial charge in [0.2, 0.25) is 0 Å². The van der Waals surface area contributed by atoms with Crippen molar-refractivity contribution < 1.29 is 42.9 Å². The number of hydrogen-bond donors (Lipinski definition) is 0. The van der Waals surface area contributed by atoms with Crippen LogP contribution >= 0.6 is 0 Å². The molecule has 0 fully saturated rings. The number of carboxylic acid groups (broad SMARTS) is 1. The van der Waals surface area contributed by atoms with Crippen LogP contribution in [-0.2, 0) is 33.3 Å². The highest BCUT2D eigenvalue weighted by molar-refractivity contribution is 5.70. The largest absolute Gasteiger partial charge is 0.545 e. The molecule has 9 nitrogen and oxygen atoms in total. The Hall–Kier alpha value is -3.27. The summed E-state index contributed by atoms with van der Waals surface area (Å²) >= 11 is 0. The minimum atomic E-state index is -1.63. The van der Waals surface area contributed by atoms with Gasteiger partial charge in [0.25, 0.3) is 0 Å². The third kappa shape index (κ3) is 44.6. The van der Waals surface area contributed by atoms with Gasteiger partial charge in [0, 0.05) is 12.8 Å². The standard InChI is InChI=1S/C52H89NO8/c1-6-8-10-12-14-16-18-20-22-24-25-27-29-31-33-35-37-39-41-43-50(55)61-48(47-60-52(51(56)57)58-45-44-53(3,4)5)46-59-49(54)42-40-38-36-34-32-30-28-26-23-21-19-17-15-13-11-9-7-2/h9,11,14-17,20-23,25,27,48,52H,6-8,10,12-13,18-19,24,26,28-47H2,1-5H3/b11-9-,16-14-,17-15-,22-20-,23-21-,27-25-. The minimum absolute atomic E-state index is 0.139.